The number of carbonyl (C=O) groups excluding carboxylic acids is 2. The highest BCUT2D eigenvalue weighted by molar-refractivity contribution is 7.89. The molecule has 36 heavy (non-hydrogen) atoms. The molecular weight excluding hydrogens is 482 g/mol. The Morgan fingerprint density at radius 3 is 2.64 bits per heavy atom. The minimum absolute atomic E-state index is 0.0290. The van der Waals surface area contributed by atoms with Gasteiger partial charge in [0.15, 0.2) is 0 Å². The van der Waals surface area contributed by atoms with E-state index in [0.29, 0.717) is 25.2 Å². The molecule has 192 valence electrons. The summed E-state index contributed by atoms with van der Waals surface area (Å²) in [5.74, 6) is 0. The Balaban J connectivity index is 1.21. The molecule has 2 N–H and O–H groups in total. The lowest BCUT2D eigenvalue weighted by Crippen LogP contribution is -2.41. The molecule has 2 aromatic rings. The lowest BCUT2D eigenvalue weighted by molar-refractivity contribution is 0.0375. The van der Waals surface area contributed by atoms with Gasteiger partial charge < -0.3 is 15.4 Å². The van der Waals surface area contributed by atoms with Gasteiger partial charge in [-0.2, -0.15) is 0 Å². The number of sulfonamides is 1. The van der Waals surface area contributed by atoms with Crippen molar-refractivity contribution in [3.8, 4) is 0 Å². The van der Waals surface area contributed by atoms with Crippen LogP contribution in [0.2, 0.25) is 0 Å². The fourth-order valence-corrected chi connectivity index (χ4v) is 6.29. The summed E-state index contributed by atoms with van der Waals surface area (Å²) in [6.07, 6.45) is 1.41. The lowest BCUT2D eigenvalue weighted by atomic mass is 10.1. The van der Waals surface area contributed by atoms with E-state index in [9.17, 15) is 18.0 Å². The third kappa shape index (κ3) is 5.04. The predicted molar refractivity (Wildman–Crippen MR) is 134 cm³/mol. The van der Waals surface area contributed by atoms with E-state index < -0.39 is 22.1 Å². The smallest absolute Gasteiger partial charge is 0.331 e. The van der Waals surface area contributed by atoms with Crippen LogP contribution in [0.4, 0.5) is 15.3 Å². The molecule has 0 aliphatic carbocycles. The first-order valence-corrected chi connectivity index (χ1v) is 13.7. The van der Waals surface area contributed by atoms with Crippen molar-refractivity contribution in [3.63, 3.8) is 0 Å². The van der Waals surface area contributed by atoms with E-state index in [0.717, 1.165) is 54.7 Å². The molecule has 11 heteroatoms. The van der Waals surface area contributed by atoms with Crippen LogP contribution >= 0.6 is 0 Å². The minimum atomic E-state index is -4.03. The molecule has 3 aliphatic heterocycles. The number of hydrogen-bond donors (Lipinski definition) is 2. The van der Waals surface area contributed by atoms with Gasteiger partial charge in [0.25, 0.3) is 10.0 Å². The number of anilines is 1. The molecule has 0 aromatic heterocycles. The number of carbonyl (C=O) groups is 2. The molecule has 0 bridgehead atoms. The van der Waals surface area contributed by atoms with Crippen LogP contribution in [0, 0.1) is 0 Å². The van der Waals surface area contributed by atoms with Crippen molar-refractivity contribution in [2.75, 3.05) is 57.4 Å². The largest absolute Gasteiger partial charge is 0.379 e. The zero-order valence-corrected chi connectivity index (χ0v) is 20.9. The van der Waals surface area contributed by atoms with Crippen LogP contribution in [-0.4, -0.2) is 82.2 Å². The Bertz CT molecular complexity index is 1220. The van der Waals surface area contributed by atoms with Crippen LogP contribution < -0.4 is 15.5 Å². The topological polar surface area (TPSA) is 111 Å². The van der Waals surface area contributed by atoms with Crippen LogP contribution in [0.1, 0.15) is 23.6 Å². The number of fused-ring (bicyclic) bond motifs is 1. The number of hydrogen-bond acceptors (Lipinski definition) is 6. The molecule has 0 spiro atoms. The Morgan fingerprint density at radius 2 is 1.86 bits per heavy atom. The first-order valence-electron chi connectivity index (χ1n) is 12.3. The Kier molecular flexibility index (Phi) is 7.13. The molecule has 2 saturated heterocycles. The van der Waals surface area contributed by atoms with Gasteiger partial charge in [0, 0.05) is 31.9 Å². The summed E-state index contributed by atoms with van der Waals surface area (Å²) in [5.41, 5.74) is 2.33. The van der Waals surface area contributed by atoms with Crippen LogP contribution in [0.15, 0.2) is 53.4 Å². The number of nitrogens with zero attached hydrogens (tertiary/aromatic N) is 3. The van der Waals surface area contributed by atoms with Crippen molar-refractivity contribution in [3.05, 3.63) is 59.7 Å². The fourth-order valence-electron chi connectivity index (χ4n) is 4.89. The van der Waals surface area contributed by atoms with Crippen molar-refractivity contribution in [1.82, 2.24) is 19.8 Å². The van der Waals surface area contributed by atoms with E-state index in [1.807, 2.05) is 30.3 Å². The molecule has 2 fully saturated rings. The molecule has 1 atom stereocenters. The van der Waals surface area contributed by atoms with Crippen LogP contribution in [0.5, 0.6) is 0 Å². The van der Waals surface area contributed by atoms with Crippen molar-refractivity contribution in [1.29, 1.82) is 0 Å². The van der Waals surface area contributed by atoms with E-state index in [1.54, 1.807) is 17.0 Å². The molecule has 3 aliphatic rings. The molecule has 0 saturated carbocycles. The average Bonchev–Trinajstić information content (AvgIpc) is 3.51. The molecule has 0 unspecified atom stereocenters. The number of nitrogens with one attached hydrogen (secondary N) is 2. The number of morpholine rings is 1. The zero-order chi connectivity index (χ0) is 25.1. The van der Waals surface area contributed by atoms with Gasteiger partial charge in [-0.1, -0.05) is 30.3 Å². The third-order valence-electron chi connectivity index (χ3n) is 6.89. The quantitative estimate of drug-likeness (QED) is 0.548. The highest BCUT2D eigenvalue weighted by Gasteiger charge is 2.39. The average molecular weight is 514 g/mol. The molecule has 2 aromatic carbocycles. The summed E-state index contributed by atoms with van der Waals surface area (Å²) >= 11 is 0. The summed E-state index contributed by atoms with van der Waals surface area (Å²) in [6.45, 7) is 5.35. The standard InChI is InChI=1S/C25H31N5O5S/c31-24(26-10-4-11-28-13-15-35-16-14-28)29-12-9-20-17-21(7-8-23(20)29)36(33,34)30-18-22(27-25(30)32)19-5-2-1-3-6-19/h1-3,5-8,17,22H,4,9-16,18H2,(H,26,31)(H,27,32)/t22-/m1/s1. The molecule has 3 heterocycles. The summed E-state index contributed by atoms with van der Waals surface area (Å²) in [7, 11) is -4.03. The molecule has 4 amide bonds. The molecule has 5 rings (SSSR count). The van der Waals surface area contributed by atoms with Gasteiger partial charge in [0.05, 0.1) is 30.7 Å². The minimum Gasteiger partial charge on any atom is -0.379 e. The first kappa shape index (κ1) is 24.5. The second kappa shape index (κ2) is 10.5. The second-order valence-electron chi connectivity index (χ2n) is 9.18. The molecule has 10 nitrogen and oxygen atoms in total. The Labute approximate surface area is 211 Å². The van der Waals surface area contributed by atoms with Gasteiger partial charge in [0.2, 0.25) is 0 Å². The predicted octanol–water partition coefficient (Wildman–Crippen LogP) is 1.94. The summed E-state index contributed by atoms with van der Waals surface area (Å²) < 4.78 is 32.8. The Morgan fingerprint density at radius 1 is 1.08 bits per heavy atom. The van der Waals surface area contributed by atoms with Crippen molar-refractivity contribution in [2.24, 2.45) is 0 Å². The molecule has 0 radical (unpaired) electrons. The van der Waals surface area contributed by atoms with E-state index in [-0.39, 0.29) is 17.5 Å². The SMILES string of the molecule is O=C(NCCCN1CCOCC1)N1CCc2cc(S(=O)(=O)N3C[C@H](c4ccccc4)NC3=O)ccc21. The maximum absolute atomic E-state index is 13.3. The summed E-state index contributed by atoms with van der Waals surface area (Å²) in [6, 6.07) is 12.8. The van der Waals surface area contributed by atoms with E-state index in [2.05, 4.69) is 15.5 Å². The first-order chi connectivity index (χ1) is 17.4. The highest BCUT2D eigenvalue weighted by atomic mass is 32.2. The van der Waals surface area contributed by atoms with Crippen LogP contribution in [-0.2, 0) is 21.2 Å². The van der Waals surface area contributed by atoms with E-state index >= 15 is 0 Å². The third-order valence-corrected chi connectivity index (χ3v) is 8.63. The maximum atomic E-state index is 13.3. The van der Waals surface area contributed by atoms with Gasteiger partial charge in [-0.3, -0.25) is 9.80 Å². The van der Waals surface area contributed by atoms with E-state index in [4.69, 9.17) is 4.74 Å². The number of urea groups is 2. The van der Waals surface area contributed by atoms with Crippen molar-refractivity contribution >= 4 is 27.8 Å². The number of amides is 4. The van der Waals surface area contributed by atoms with Crippen LogP contribution in [0.25, 0.3) is 0 Å². The number of rotatable bonds is 7. The highest BCUT2D eigenvalue weighted by Crippen LogP contribution is 2.32. The van der Waals surface area contributed by atoms with Gasteiger partial charge in [-0.25, -0.2) is 22.3 Å². The summed E-state index contributed by atoms with van der Waals surface area (Å²) in [4.78, 5) is 29.3. The fraction of sp³-hybridized carbons (Fsp3) is 0.440. The lowest BCUT2D eigenvalue weighted by Gasteiger charge is -2.26. The monoisotopic (exact) mass is 513 g/mol. The van der Waals surface area contributed by atoms with Crippen LogP contribution in [0.3, 0.4) is 0 Å². The maximum Gasteiger partial charge on any atom is 0.331 e. The summed E-state index contributed by atoms with van der Waals surface area (Å²) in [5, 5.41) is 5.72. The normalized spacial score (nSPS) is 20.3. The van der Waals surface area contributed by atoms with Crippen molar-refractivity contribution in [2.45, 2.75) is 23.8 Å². The molecular formula is C25H31N5O5S. The van der Waals surface area contributed by atoms with Crippen molar-refractivity contribution < 1.29 is 22.7 Å². The van der Waals surface area contributed by atoms with Gasteiger partial charge in [-0.05, 0) is 48.7 Å². The number of benzene rings is 2. The van der Waals surface area contributed by atoms with E-state index in [1.165, 1.54) is 6.07 Å². The van der Waals surface area contributed by atoms with Gasteiger partial charge >= 0.3 is 12.1 Å². The second-order valence-corrected chi connectivity index (χ2v) is 11.0. The van der Waals surface area contributed by atoms with Gasteiger partial charge in [0.1, 0.15) is 0 Å². The number of ether oxygens (including phenoxy) is 1. The Hall–Kier alpha value is -3.15. The van der Waals surface area contributed by atoms with Gasteiger partial charge in [-0.15, -0.1) is 0 Å². The zero-order valence-electron chi connectivity index (χ0n) is 20.1.